The minimum atomic E-state index is -2.09. The van der Waals surface area contributed by atoms with Crippen molar-refractivity contribution in [3.8, 4) is 11.8 Å². The number of aliphatic carboxylic acids is 1. The summed E-state index contributed by atoms with van der Waals surface area (Å²) >= 11 is 0. The zero-order valence-corrected chi connectivity index (χ0v) is 19.8. The molecule has 1 aromatic carbocycles. The first-order valence-electron chi connectivity index (χ1n) is 10.4. The van der Waals surface area contributed by atoms with E-state index in [1.165, 1.54) is 0 Å². The van der Waals surface area contributed by atoms with Gasteiger partial charge in [-0.15, -0.1) is 0 Å². The molecule has 0 aliphatic heterocycles. The standard InChI is InChI=1S/C24H32N2O3Si/c1-7-18(23(27)28)15-21-19(9-8-12-26-21)14-20-11-10-17(16-25)13-22(20)29-30(5,6)24(2,3)4/h8-13,18H,7,14-15H2,1-6H3,(H,27,28). The second-order valence-electron chi connectivity index (χ2n) is 9.23. The zero-order valence-electron chi connectivity index (χ0n) is 18.8. The van der Waals surface area contributed by atoms with Gasteiger partial charge in [0.15, 0.2) is 0 Å². The first-order valence-corrected chi connectivity index (χ1v) is 13.3. The van der Waals surface area contributed by atoms with E-state index in [9.17, 15) is 15.2 Å². The van der Waals surface area contributed by atoms with Crippen molar-refractivity contribution in [3.63, 3.8) is 0 Å². The molecule has 0 bridgehead atoms. The van der Waals surface area contributed by atoms with Crippen molar-refractivity contribution in [1.82, 2.24) is 4.98 Å². The normalized spacial score (nSPS) is 12.8. The highest BCUT2D eigenvalue weighted by molar-refractivity contribution is 6.74. The summed E-state index contributed by atoms with van der Waals surface area (Å²) < 4.78 is 6.57. The maximum atomic E-state index is 11.5. The molecule has 1 aromatic heterocycles. The largest absolute Gasteiger partial charge is 0.543 e. The summed E-state index contributed by atoms with van der Waals surface area (Å²) in [5, 5.41) is 18.8. The number of carbonyl (C=O) groups is 1. The predicted octanol–water partition coefficient (Wildman–Crippen LogP) is 5.58. The molecule has 1 N–H and O–H groups in total. The highest BCUT2D eigenvalue weighted by atomic mass is 28.4. The number of carboxylic acid groups (broad SMARTS) is 1. The molecule has 0 saturated heterocycles. The topological polar surface area (TPSA) is 83.2 Å². The average molecular weight is 425 g/mol. The Balaban J connectivity index is 2.42. The molecule has 5 nitrogen and oxygen atoms in total. The lowest BCUT2D eigenvalue weighted by atomic mass is 9.94. The van der Waals surface area contributed by atoms with Crippen molar-refractivity contribution in [2.24, 2.45) is 5.92 Å². The van der Waals surface area contributed by atoms with Gasteiger partial charge >= 0.3 is 5.97 Å². The van der Waals surface area contributed by atoms with Gasteiger partial charge in [-0.1, -0.05) is 39.8 Å². The number of hydrogen-bond acceptors (Lipinski definition) is 4. The molecule has 0 aliphatic rings. The van der Waals surface area contributed by atoms with Crippen molar-refractivity contribution < 1.29 is 14.3 Å². The van der Waals surface area contributed by atoms with Gasteiger partial charge in [-0.25, -0.2) is 0 Å². The summed E-state index contributed by atoms with van der Waals surface area (Å²) in [6, 6.07) is 11.6. The van der Waals surface area contributed by atoms with E-state index in [4.69, 9.17) is 4.43 Å². The van der Waals surface area contributed by atoms with E-state index < -0.39 is 20.2 Å². The average Bonchev–Trinajstić information content (AvgIpc) is 2.67. The molecule has 1 heterocycles. The van der Waals surface area contributed by atoms with E-state index in [1.54, 1.807) is 12.3 Å². The Labute approximate surface area is 180 Å². The van der Waals surface area contributed by atoms with Crippen molar-refractivity contribution in [3.05, 3.63) is 58.9 Å². The highest BCUT2D eigenvalue weighted by Crippen LogP contribution is 2.39. The van der Waals surface area contributed by atoms with Crippen LogP contribution in [0.3, 0.4) is 0 Å². The Bertz CT molecular complexity index is 942. The summed E-state index contributed by atoms with van der Waals surface area (Å²) in [5.74, 6) is -0.516. The van der Waals surface area contributed by atoms with Crippen LogP contribution in [-0.2, 0) is 17.6 Å². The smallest absolute Gasteiger partial charge is 0.306 e. The van der Waals surface area contributed by atoms with E-state index in [2.05, 4.69) is 44.9 Å². The van der Waals surface area contributed by atoms with E-state index in [1.807, 2.05) is 31.2 Å². The summed E-state index contributed by atoms with van der Waals surface area (Å²) in [6.45, 7) is 12.8. The van der Waals surface area contributed by atoms with Gasteiger partial charge in [-0.3, -0.25) is 9.78 Å². The zero-order chi connectivity index (χ0) is 22.5. The second kappa shape index (κ2) is 9.44. The fourth-order valence-corrected chi connectivity index (χ4v) is 4.00. The quantitative estimate of drug-likeness (QED) is 0.559. The van der Waals surface area contributed by atoms with Crippen LogP contribution in [0.2, 0.25) is 18.1 Å². The van der Waals surface area contributed by atoms with Gasteiger partial charge in [0, 0.05) is 24.7 Å². The third kappa shape index (κ3) is 5.70. The number of benzene rings is 1. The Hall–Kier alpha value is -2.65. The molecule has 6 heteroatoms. The van der Waals surface area contributed by atoms with E-state index >= 15 is 0 Å². The molecule has 2 rings (SSSR count). The minimum Gasteiger partial charge on any atom is -0.543 e. The van der Waals surface area contributed by atoms with Crippen LogP contribution in [0.5, 0.6) is 5.75 Å². The number of pyridine rings is 1. The Morgan fingerprint density at radius 1 is 1.27 bits per heavy atom. The van der Waals surface area contributed by atoms with Gasteiger partial charge < -0.3 is 9.53 Å². The van der Waals surface area contributed by atoms with Gasteiger partial charge in [0.25, 0.3) is 0 Å². The van der Waals surface area contributed by atoms with Gasteiger partial charge in [-0.05, 0) is 53.9 Å². The van der Waals surface area contributed by atoms with Crippen LogP contribution in [0.1, 0.15) is 56.5 Å². The molecule has 0 amide bonds. The molecule has 1 unspecified atom stereocenters. The third-order valence-electron chi connectivity index (χ3n) is 6.01. The third-order valence-corrected chi connectivity index (χ3v) is 10.4. The maximum absolute atomic E-state index is 11.5. The van der Waals surface area contributed by atoms with Crippen LogP contribution in [0.15, 0.2) is 36.5 Å². The Morgan fingerprint density at radius 2 is 1.97 bits per heavy atom. The lowest BCUT2D eigenvalue weighted by Gasteiger charge is -2.37. The number of rotatable bonds is 8. The molecular weight excluding hydrogens is 392 g/mol. The van der Waals surface area contributed by atoms with Gasteiger partial charge in [-0.2, -0.15) is 5.26 Å². The molecule has 0 aliphatic carbocycles. The SMILES string of the molecule is CCC(Cc1ncccc1Cc1ccc(C#N)cc1O[Si](C)(C)C(C)(C)C)C(=O)O. The number of nitrogens with zero attached hydrogens (tertiary/aromatic N) is 2. The van der Waals surface area contributed by atoms with Crippen molar-refractivity contribution in [1.29, 1.82) is 5.26 Å². The Morgan fingerprint density at radius 3 is 2.53 bits per heavy atom. The van der Waals surface area contributed by atoms with Gasteiger partial charge in [0.05, 0.1) is 17.6 Å². The predicted molar refractivity (Wildman–Crippen MR) is 121 cm³/mol. The molecular formula is C24H32N2O3Si. The summed E-state index contributed by atoms with van der Waals surface area (Å²) in [7, 11) is -2.09. The van der Waals surface area contributed by atoms with Crippen LogP contribution >= 0.6 is 0 Å². The highest BCUT2D eigenvalue weighted by Gasteiger charge is 2.39. The maximum Gasteiger partial charge on any atom is 0.306 e. The summed E-state index contributed by atoms with van der Waals surface area (Å²) in [6.07, 6.45) is 3.24. The van der Waals surface area contributed by atoms with Crippen LogP contribution in [0.25, 0.3) is 0 Å². The van der Waals surface area contributed by atoms with E-state index in [-0.39, 0.29) is 5.04 Å². The van der Waals surface area contributed by atoms with Crippen molar-refractivity contribution in [2.45, 2.75) is 65.1 Å². The Kier molecular flexibility index (Phi) is 7.43. The number of aromatic nitrogens is 1. The van der Waals surface area contributed by atoms with Gasteiger partial charge in [0.1, 0.15) is 5.75 Å². The molecule has 30 heavy (non-hydrogen) atoms. The van der Waals surface area contributed by atoms with Crippen LogP contribution in [-0.4, -0.2) is 24.4 Å². The van der Waals surface area contributed by atoms with E-state index in [0.717, 1.165) is 22.6 Å². The lowest BCUT2D eigenvalue weighted by Crippen LogP contribution is -2.44. The second-order valence-corrected chi connectivity index (χ2v) is 14.0. The lowest BCUT2D eigenvalue weighted by molar-refractivity contribution is -0.141. The molecule has 0 spiro atoms. The first kappa shape index (κ1) is 23.6. The fraction of sp³-hybridized carbons (Fsp3) is 0.458. The van der Waals surface area contributed by atoms with Crippen LogP contribution in [0.4, 0.5) is 0 Å². The summed E-state index contributed by atoms with van der Waals surface area (Å²) in [5.41, 5.74) is 3.34. The molecule has 1 atom stereocenters. The minimum absolute atomic E-state index is 0.0300. The number of nitriles is 1. The first-order chi connectivity index (χ1) is 14.0. The summed E-state index contributed by atoms with van der Waals surface area (Å²) in [4.78, 5) is 16.0. The molecule has 0 radical (unpaired) electrons. The monoisotopic (exact) mass is 424 g/mol. The van der Waals surface area contributed by atoms with Crippen LogP contribution in [0, 0.1) is 17.2 Å². The molecule has 0 saturated carbocycles. The molecule has 160 valence electrons. The fourth-order valence-electron chi connectivity index (χ4n) is 2.95. The molecule has 2 aromatic rings. The van der Waals surface area contributed by atoms with Crippen molar-refractivity contribution >= 4 is 14.3 Å². The molecule has 0 fully saturated rings. The van der Waals surface area contributed by atoms with Crippen LogP contribution < -0.4 is 4.43 Å². The van der Waals surface area contributed by atoms with Gasteiger partial charge in [0.2, 0.25) is 8.32 Å². The van der Waals surface area contributed by atoms with E-state index in [0.29, 0.717) is 24.8 Å². The number of hydrogen-bond donors (Lipinski definition) is 1. The number of carboxylic acids is 1. The van der Waals surface area contributed by atoms with Crippen molar-refractivity contribution in [2.75, 3.05) is 0 Å².